The van der Waals surface area contributed by atoms with Gasteiger partial charge in [0, 0.05) is 23.8 Å². The minimum Gasteiger partial charge on any atom is -0.393 e. The number of rotatable bonds is 9. The van der Waals surface area contributed by atoms with Crippen LogP contribution in [0.1, 0.15) is 44.4 Å². The predicted molar refractivity (Wildman–Crippen MR) is 129 cm³/mol. The van der Waals surface area contributed by atoms with Gasteiger partial charge in [-0.3, -0.25) is 0 Å². The molecule has 0 N–H and O–H groups in total. The Labute approximate surface area is 204 Å². The van der Waals surface area contributed by atoms with Gasteiger partial charge >= 0.3 is 12.4 Å². The Bertz CT molecular complexity index is 965. The van der Waals surface area contributed by atoms with Crippen LogP contribution in [0.4, 0.5) is 32.0 Å². The molecule has 1 unspecified atom stereocenters. The second-order valence-electron chi connectivity index (χ2n) is 9.35. The molecule has 0 saturated heterocycles. The second kappa shape index (κ2) is 10.2. The van der Waals surface area contributed by atoms with Crippen molar-refractivity contribution in [2.75, 3.05) is 11.4 Å². The average molecular weight is 518 g/mol. The summed E-state index contributed by atoms with van der Waals surface area (Å²) in [5, 5.41) is 0. The van der Waals surface area contributed by atoms with Gasteiger partial charge in [0.1, 0.15) is 0 Å². The van der Waals surface area contributed by atoms with Crippen LogP contribution >= 0.6 is 0 Å². The molecule has 1 aliphatic heterocycles. The van der Waals surface area contributed by atoms with Crippen LogP contribution in [0.2, 0.25) is 18.1 Å². The van der Waals surface area contributed by atoms with Crippen molar-refractivity contribution in [1.82, 2.24) is 0 Å². The van der Waals surface area contributed by atoms with Crippen molar-refractivity contribution in [3.63, 3.8) is 0 Å². The summed E-state index contributed by atoms with van der Waals surface area (Å²) in [5.41, 5.74) is -2.93. The van der Waals surface area contributed by atoms with Crippen LogP contribution in [0.25, 0.3) is 0 Å². The van der Waals surface area contributed by atoms with E-state index in [4.69, 9.17) is 4.43 Å². The van der Waals surface area contributed by atoms with E-state index in [0.29, 0.717) is 24.2 Å². The molecule has 0 saturated carbocycles. The van der Waals surface area contributed by atoms with E-state index in [1.54, 1.807) is 20.8 Å². The highest BCUT2D eigenvalue weighted by atomic mass is 28.4. The summed E-state index contributed by atoms with van der Waals surface area (Å²) in [6, 6.07) is 13.7. The Balaban J connectivity index is 2.05. The van der Waals surface area contributed by atoms with Gasteiger partial charge in [0.2, 0.25) is 0 Å². The normalized spacial score (nSPS) is 17.1. The molecule has 35 heavy (non-hydrogen) atoms. The Kier molecular flexibility index (Phi) is 8.01. The number of benzene rings is 2. The van der Waals surface area contributed by atoms with Gasteiger partial charge in [-0.05, 0) is 55.1 Å². The Morgan fingerprint density at radius 3 is 1.97 bits per heavy atom. The lowest BCUT2D eigenvalue weighted by Gasteiger charge is -2.44. The highest BCUT2D eigenvalue weighted by Gasteiger charge is 2.74. The molecular formula is C26H33F6NOSi. The lowest BCUT2D eigenvalue weighted by atomic mass is 9.90. The molecule has 0 bridgehead atoms. The summed E-state index contributed by atoms with van der Waals surface area (Å²) in [6.45, 7) is 7.41. The minimum atomic E-state index is -5.66. The Hall–Kier alpha value is -2.00. The number of hydrogen-bond acceptors (Lipinski definition) is 2. The van der Waals surface area contributed by atoms with E-state index < -0.39 is 31.8 Å². The van der Waals surface area contributed by atoms with Crippen molar-refractivity contribution < 1.29 is 30.8 Å². The molecule has 0 aromatic heterocycles. The Morgan fingerprint density at radius 1 is 0.886 bits per heavy atom. The maximum absolute atomic E-state index is 14.5. The van der Waals surface area contributed by atoms with Crippen LogP contribution in [-0.2, 0) is 22.9 Å². The summed E-state index contributed by atoms with van der Waals surface area (Å²) >= 11 is 0. The fourth-order valence-electron chi connectivity index (χ4n) is 5.10. The third-order valence-electron chi connectivity index (χ3n) is 7.43. The van der Waals surface area contributed by atoms with Crippen LogP contribution in [0.15, 0.2) is 48.5 Å². The summed E-state index contributed by atoms with van der Waals surface area (Å²) in [7, 11) is -3.31. The molecule has 0 spiro atoms. The standard InChI is InChI=1S/C26H33F6NOSi/c1-5-35(6-2,7-3)34-24(25(27,28)29,26(30,31)32)22-13-14-23-21(18-22)17-19(4)33(23)16-15-20-11-9-8-10-12-20/h8-14,18-19H,5-7,15-17H2,1-4H3. The van der Waals surface area contributed by atoms with E-state index in [-0.39, 0.29) is 24.2 Å². The molecule has 1 heterocycles. The molecular weight excluding hydrogens is 484 g/mol. The molecule has 9 heteroatoms. The quantitative estimate of drug-likeness (QED) is 0.247. The summed E-state index contributed by atoms with van der Waals surface area (Å²) in [5.74, 6) is 0. The number of hydrogen-bond donors (Lipinski definition) is 0. The summed E-state index contributed by atoms with van der Waals surface area (Å²) < 4.78 is 92.2. The van der Waals surface area contributed by atoms with E-state index in [1.807, 2.05) is 37.3 Å². The molecule has 0 amide bonds. The van der Waals surface area contributed by atoms with E-state index in [9.17, 15) is 26.3 Å². The van der Waals surface area contributed by atoms with Crippen LogP contribution in [0.3, 0.4) is 0 Å². The fraction of sp³-hybridized carbons (Fsp3) is 0.538. The summed E-state index contributed by atoms with van der Waals surface area (Å²) in [6.07, 6.45) is -10.2. The Morgan fingerprint density at radius 2 is 1.46 bits per heavy atom. The van der Waals surface area contributed by atoms with Crippen LogP contribution in [-0.4, -0.2) is 33.3 Å². The lowest BCUT2D eigenvalue weighted by molar-refractivity contribution is -0.369. The van der Waals surface area contributed by atoms with Gasteiger partial charge in [0.25, 0.3) is 5.60 Å². The molecule has 194 valence electrons. The van der Waals surface area contributed by atoms with Crippen LogP contribution in [0, 0.1) is 0 Å². The molecule has 0 aliphatic carbocycles. The van der Waals surface area contributed by atoms with Gasteiger partial charge in [-0.2, -0.15) is 26.3 Å². The molecule has 1 atom stereocenters. The van der Waals surface area contributed by atoms with E-state index in [1.165, 1.54) is 6.07 Å². The van der Waals surface area contributed by atoms with Gasteiger partial charge in [-0.1, -0.05) is 63.2 Å². The smallest absolute Gasteiger partial charge is 0.393 e. The highest BCUT2D eigenvalue weighted by Crippen LogP contribution is 2.56. The SMILES string of the molecule is CC[Si](CC)(CC)OC(c1ccc2c(c1)CC(C)N2CCc1ccccc1)(C(F)(F)F)C(F)(F)F. The third kappa shape index (κ3) is 5.12. The van der Waals surface area contributed by atoms with E-state index >= 15 is 0 Å². The molecule has 0 fully saturated rings. The van der Waals surface area contributed by atoms with Crippen molar-refractivity contribution in [3.8, 4) is 0 Å². The molecule has 2 aromatic rings. The number of fused-ring (bicyclic) bond motifs is 1. The van der Waals surface area contributed by atoms with Crippen molar-refractivity contribution in [2.45, 2.75) is 82.7 Å². The second-order valence-corrected chi connectivity index (χ2v) is 14.0. The number of nitrogens with zero attached hydrogens (tertiary/aromatic N) is 1. The third-order valence-corrected chi connectivity index (χ3v) is 12.0. The molecule has 2 nitrogen and oxygen atoms in total. The first-order chi connectivity index (χ1) is 16.3. The summed E-state index contributed by atoms with van der Waals surface area (Å²) in [4.78, 5) is 2.05. The topological polar surface area (TPSA) is 12.5 Å². The molecule has 2 aromatic carbocycles. The molecule has 3 rings (SSSR count). The highest BCUT2D eigenvalue weighted by molar-refractivity contribution is 6.73. The molecule has 0 radical (unpaired) electrons. The van der Waals surface area contributed by atoms with Crippen LogP contribution < -0.4 is 4.90 Å². The maximum Gasteiger partial charge on any atom is 0.429 e. The van der Waals surface area contributed by atoms with Crippen LogP contribution in [0.5, 0.6) is 0 Å². The fourth-order valence-corrected chi connectivity index (χ4v) is 8.03. The van der Waals surface area contributed by atoms with Crippen molar-refractivity contribution in [1.29, 1.82) is 0 Å². The first-order valence-corrected chi connectivity index (χ1v) is 14.6. The van der Waals surface area contributed by atoms with Crippen molar-refractivity contribution >= 4 is 14.0 Å². The van der Waals surface area contributed by atoms with Gasteiger partial charge in [-0.15, -0.1) is 0 Å². The van der Waals surface area contributed by atoms with E-state index in [0.717, 1.165) is 24.1 Å². The first kappa shape index (κ1) is 27.6. The lowest BCUT2D eigenvalue weighted by Crippen LogP contribution is -2.61. The predicted octanol–water partition coefficient (Wildman–Crippen LogP) is 8.02. The number of alkyl halides is 6. The van der Waals surface area contributed by atoms with Crippen molar-refractivity contribution in [2.24, 2.45) is 0 Å². The molecule has 1 aliphatic rings. The largest absolute Gasteiger partial charge is 0.429 e. The zero-order valence-electron chi connectivity index (χ0n) is 20.6. The van der Waals surface area contributed by atoms with Gasteiger partial charge < -0.3 is 9.33 Å². The van der Waals surface area contributed by atoms with Gasteiger partial charge in [-0.25, -0.2) is 0 Å². The monoisotopic (exact) mass is 517 g/mol. The zero-order chi connectivity index (χ0) is 26.1. The van der Waals surface area contributed by atoms with Gasteiger partial charge in [0.05, 0.1) is 0 Å². The number of halogens is 6. The van der Waals surface area contributed by atoms with E-state index in [2.05, 4.69) is 4.90 Å². The average Bonchev–Trinajstić information content (AvgIpc) is 3.12. The first-order valence-electron chi connectivity index (χ1n) is 12.1. The number of anilines is 1. The van der Waals surface area contributed by atoms with Gasteiger partial charge in [0.15, 0.2) is 8.32 Å². The van der Waals surface area contributed by atoms with Crippen molar-refractivity contribution in [3.05, 3.63) is 65.2 Å². The minimum absolute atomic E-state index is 0.0357. The zero-order valence-corrected chi connectivity index (χ0v) is 21.6. The maximum atomic E-state index is 14.5.